The standard InChI is InChI=1S/C10H14ClN5O/c1-7-8(11)15-10-13-6-14-16(10)9(7)12-4-3-5-17-2/h6,12H,3-5H2,1-2H3. The molecule has 0 aromatic carbocycles. The summed E-state index contributed by atoms with van der Waals surface area (Å²) < 4.78 is 6.64. The molecule has 0 radical (unpaired) electrons. The normalized spacial score (nSPS) is 11.0. The van der Waals surface area contributed by atoms with Gasteiger partial charge < -0.3 is 10.1 Å². The Labute approximate surface area is 104 Å². The molecule has 0 spiro atoms. The van der Waals surface area contributed by atoms with Crippen molar-refractivity contribution >= 4 is 23.2 Å². The quantitative estimate of drug-likeness (QED) is 0.649. The maximum atomic E-state index is 6.03. The highest BCUT2D eigenvalue weighted by Gasteiger charge is 2.11. The number of ether oxygens (including phenoxy) is 1. The van der Waals surface area contributed by atoms with E-state index in [1.54, 1.807) is 11.6 Å². The molecule has 7 heteroatoms. The van der Waals surface area contributed by atoms with E-state index in [1.807, 2.05) is 6.92 Å². The Morgan fingerprint density at radius 3 is 3.12 bits per heavy atom. The molecule has 2 heterocycles. The Bertz CT molecular complexity index is 513. The summed E-state index contributed by atoms with van der Waals surface area (Å²) in [6, 6.07) is 0. The number of hydrogen-bond donors (Lipinski definition) is 1. The van der Waals surface area contributed by atoms with Crippen LogP contribution in [-0.2, 0) is 4.74 Å². The lowest BCUT2D eigenvalue weighted by molar-refractivity contribution is 0.197. The van der Waals surface area contributed by atoms with Gasteiger partial charge >= 0.3 is 0 Å². The molecule has 6 nitrogen and oxygen atoms in total. The molecule has 2 aromatic rings. The molecule has 1 N–H and O–H groups in total. The van der Waals surface area contributed by atoms with E-state index in [2.05, 4.69) is 20.4 Å². The predicted molar refractivity (Wildman–Crippen MR) is 65.5 cm³/mol. The summed E-state index contributed by atoms with van der Waals surface area (Å²) in [5, 5.41) is 7.83. The summed E-state index contributed by atoms with van der Waals surface area (Å²) >= 11 is 6.03. The monoisotopic (exact) mass is 255 g/mol. The van der Waals surface area contributed by atoms with E-state index < -0.39 is 0 Å². The topological polar surface area (TPSA) is 64.3 Å². The molecule has 0 atom stereocenters. The number of fused-ring (bicyclic) bond motifs is 1. The van der Waals surface area contributed by atoms with Gasteiger partial charge in [-0.2, -0.15) is 19.6 Å². The van der Waals surface area contributed by atoms with Crippen molar-refractivity contribution in [3.05, 3.63) is 17.0 Å². The molecule has 0 aliphatic carbocycles. The van der Waals surface area contributed by atoms with Crippen LogP contribution in [0.1, 0.15) is 12.0 Å². The van der Waals surface area contributed by atoms with E-state index in [9.17, 15) is 0 Å². The van der Waals surface area contributed by atoms with Crippen LogP contribution < -0.4 is 5.32 Å². The summed E-state index contributed by atoms with van der Waals surface area (Å²) in [4.78, 5) is 8.15. The summed E-state index contributed by atoms with van der Waals surface area (Å²) in [6.45, 7) is 3.39. The maximum absolute atomic E-state index is 6.03. The molecule has 2 aromatic heterocycles. The van der Waals surface area contributed by atoms with Crippen LogP contribution in [0.2, 0.25) is 5.15 Å². The first-order chi connectivity index (χ1) is 8.24. The molecule has 0 aliphatic rings. The lowest BCUT2D eigenvalue weighted by Crippen LogP contribution is -2.11. The highest BCUT2D eigenvalue weighted by Crippen LogP contribution is 2.21. The van der Waals surface area contributed by atoms with Gasteiger partial charge in [0.2, 0.25) is 0 Å². The third-order valence-corrected chi connectivity index (χ3v) is 2.79. The third-order valence-electron chi connectivity index (χ3n) is 2.42. The first kappa shape index (κ1) is 12.1. The number of nitrogens with one attached hydrogen (secondary N) is 1. The molecule has 0 amide bonds. The lowest BCUT2D eigenvalue weighted by Gasteiger charge is -2.11. The predicted octanol–water partition coefficient (Wildman–Crippen LogP) is 1.53. The zero-order valence-corrected chi connectivity index (χ0v) is 10.5. The first-order valence-electron chi connectivity index (χ1n) is 5.32. The van der Waals surface area contributed by atoms with Gasteiger partial charge in [0.15, 0.2) is 0 Å². The van der Waals surface area contributed by atoms with Crippen LogP contribution in [0.3, 0.4) is 0 Å². The summed E-state index contributed by atoms with van der Waals surface area (Å²) in [5.41, 5.74) is 0.863. The van der Waals surface area contributed by atoms with E-state index in [0.29, 0.717) is 17.5 Å². The van der Waals surface area contributed by atoms with Gasteiger partial charge in [-0.25, -0.2) is 0 Å². The van der Waals surface area contributed by atoms with Crippen LogP contribution in [0.25, 0.3) is 5.78 Å². The third kappa shape index (κ3) is 2.48. The minimum Gasteiger partial charge on any atom is -0.385 e. The van der Waals surface area contributed by atoms with Crippen molar-refractivity contribution in [2.24, 2.45) is 0 Å². The molecule has 0 saturated carbocycles. The van der Waals surface area contributed by atoms with Gasteiger partial charge in [-0.3, -0.25) is 0 Å². The van der Waals surface area contributed by atoms with Crippen molar-refractivity contribution < 1.29 is 4.74 Å². The second kappa shape index (κ2) is 5.29. The van der Waals surface area contributed by atoms with Crippen LogP contribution in [0.5, 0.6) is 0 Å². The lowest BCUT2D eigenvalue weighted by atomic mass is 10.3. The van der Waals surface area contributed by atoms with E-state index >= 15 is 0 Å². The van der Waals surface area contributed by atoms with Crippen molar-refractivity contribution in [2.45, 2.75) is 13.3 Å². The Kier molecular flexibility index (Phi) is 3.75. The number of anilines is 1. The SMILES string of the molecule is COCCCNc1c(C)c(Cl)nc2ncnn12. The Morgan fingerprint density at radius 1 is 1.53 bits per heavy atom. The minimum atomic E-state index is 0.444. The zero-order valence-electron chi connectivity index (χ0n) is 9.77. The van der Waals surface area contributed by atoms with Crippen molar-refractivity contribution in [1.29, 1.82) is 0 Å². The highest BCUT2D eigenvalue weighted by atomic mass is 35.5. The zero-order chi connectivity index (χ0) is 12.3. The molecular formula is C10H14ClN5O. The van der Waals surface area contributed by atoms with E-state index in [1.165, 1.54) is 6.33 Å². The average molecular weight is 256 g/mol. The minimum absolute atomic E-state index is 0.444. The molecule has 2 rings (SSSR count). The number of nitrogens with zero attached hydrogens (tertiary/aromatic N) is 4. The highest BCUT2D eigenvalue weighted by molar-refractivity contribution is 6.30. The molecule has 92 valence electrons. The van der Waals surface area contributed by atoms with Crippen LogP contribution >= 0.6 is 11.6 Å². The molecule has 0 saturated heterocycles. The smallest absolute Gasteiger partial charge is 0.255 e. The summed E-state index contributed by atoms with van der Waals surface area (Å²) in [6.07, 6.45) is 2.37. The Balaban J connectivity index is 2.24. The van der Waals surface area contributed by atoms with Crippen LogP contribution in [0, 0.1) is 6.92 Å². The second-order valence-corrected chi connectivity index (χ2v) is 3.98. The second-order valence-electron chi connectivity index (χ2n) is 3.62. The van der Waals surface area contributed by atoms with Gasteiger partial charge in [-0.1, -0.05) is 11.6 Å². The van der Waals surface area contributed by atoms with Gasteiger partial charge in [-0.05, 0) is 13.3 Å². The summed E-state index contributed by atoms with van der Waals surface area (Å²) in [5.74, 6) is 1.32. The van der Waals surface area contributed by atoms with Crippen molar-refractivity contribution in [3.8, 4) is 0 Å². The van der Waals surface area contributed by atoms with Gasteiger partial charge in [0.25, 0.3) is 5.78 Å². The van der Waals surface area contributed by atoms with E-state index in [4.69, 9.17) is 16.3 Å². The molecule has 17 heavy (non-hydrogen) atoms. The number of aromatic nitrogens is 4. The van der Waals surface area contributed by atoms with Crippen LogP contribution in [0.4, 0.5) is 5.82 Å². The van der Waals surface area contributed by atoms with Gasteiger partial charge in [0.05, 0.1) is 0 Å². The van der Waals surface area contributed by atoms with Crippen molar-refractivity contribution in [3.63, 3.8) is 0 Å². The Morgan fingerprint density at radius 2 is 2.35 bits per heavy atom. The van der Waals surface area contributed by atoms with Gasteiger partial charge in [0.1, 0.15) is 17.3 Å². The van der Waals surface area contributed by atoms with Crippen LogP contribution in [-0.4, -0.2) is 39.8 Å². The van der Waals surface area contributed by atoms with E-state index in [-0.39, 0.29) is 0 Å². The fourth-order valence-corrected chi connectivity index (χ4v) is 1.69. The van der Waals surface area contributed by atoms with Crippen molar-refractivity contribution in [2.75, 3.05) is 25.6 Å². The number of hydrogen-bond acceptors (Lipinski definition) is 5. The Hall–Kier alpha value is -1.40. The van der Waals surface area contributed by atoms with Gasteiger partial charge in [-0.15, -0.1) is 0 Å². The largest absolute Gasteiger partial charge is 0.385 e. The average Bonchev–Trinajstić information content (AvgIpc) is 2.76. The number of halogens is 1. The first-order valence-corrected chi connectivity index (χ1v) is 5.70. The van der Waals surface area contributed by atoms with Crippen LogP contribution in [0.15, 0.2) is 6.33 Å². The van der Waals surface area contributed by atoms with Crippen molar-refractivity contribution in [1.82, 2.24) is 19.6 Å². The van der Waals surface area contributed by atoms with E-state index in [0.717, 1.165) is 24.3 Å². The molecular weight excluding hydrogens is 242 g/mol. The molecule has 0 bridgehead atoms. The molecule has 0 unspecified atom stereocenters. The fourth-order valence-electron chi connectivity index (χ4n) is 1.53. The fraction of sp³-hybridized carbons (Fsp3) is 0.500. The maximum Gasteiger partial charge on any atom is 0.255 e. The molecule has 0 fully saturated rings. The molecule has 0 aliphatic heterocycles. The van der Waals surface area contributed by atoms with Gasteiger partial charge in [0, 0.05) is 25.8 Å². The summed E-state index contributed by atoms with van der Waals surface area (Å²) in [7, 11) is 1.68. The number of rotatable bonds is 5. The number of methoxy groups -OCH3 is 1.